The van der Waals surface area contributed by atoms with Crippen LogP contribution in [0.25, 0.3) is 0 Å². The molecule has 2 aliphatic heterocycles. The highest BCUT2D eigenvalue weighted by Crippen LogP contribution is 2.39. The monoisotopic (exact) mass is 227 g/mol. The van der Waals surface area contributed by atoms with Crippen molar-refractivity contribution in [2.75, 3.05) is 26.2 Å². The first-order valence-corrected chi connectivity index (χ1v) is 6.48. The van der Waals surface area contributed by atoms with E-state index in [1.807, 2.05) is 0 Å². The van der Waals surface area contributed by atoms with Crippen molar-refractivity contribution in [1.29, 1.82) is 0 Å². The SMILES string of the molecule is OC1CCN(CC2COC3(CCCC3)O2)C1. The van der Waals surface area contributed by atoms with E-state index in [-0.39, 0.29) is 18.0 Å². The van der Waals surface area contributed by atoms with Gasteiger partial charge in [-0.2, -0.15) is 0 Å². The summed E-state index contributed by atoms with van der Waals surface area (Å²) in [5, 5.41) is 9.46. The standard InChI is InChI=1S/C12H21NO3/c14-10-3-6-13(7-10)8-11-9-15-12(16-11)4-1-2-5-12/h10-11,14H,1-9H2. The summed E-state index contributed by atoms with van der Waals surface area (Å²) in [6, 6.07) is 0. The Morgan fingerprint density at radius 2 is 2.12 bits per heavy atom. The van der Waals surface area contributed by atoms with Crippen molar-refractivity contribution < 1.29 is 14.6 Å². The van der Waals surface area contributed by atoms with E-state index < -0.39 is 0 Å². The van der Waals surface area contributed by atoms with Crippen LogP contribution in [0.2, 0.25) is 0 Å². The maximum atomic E-state index is 9.46. The van der Waals surface area contributed by atoms with Gasteiger partial charge in [-0.15, -0.1) is 0 Å². The number of hydrogen-bond donors (Lipinski definition) is 1. The first kappa shape index (κ1) is 11.0. The van der Waals surface area contributed by atoms with Crippen LogP contribution >= 0.6 is 0 Å². The number of hydrogen-bond acceptors (Lipinski definition) is 4. The second kappa shape index (κ2) is 4.26. The van der Waals surface area contributed by atoms with Crippen molar-refractivity contribution in [1.82, 2.24) is 4.90 Å². The summed E-state index contributed by atoms with van der Waals surface area (Å²) in [7, 11) is 0. The van der Waals surface area contributed by atoms with Crippen LogP contribution in [0.1, 0.15) is 32.1 Å². The number of rotatable bonds is 2. The Hall–Kier alpha value is -0.160. The van der Waals surface area contributed by atoms with Gasteiger partial charge in [0.15, 0.2) is 5.79 Å². The van der Waals surface area contributed by atoms with E-state index in [0.29, 0.717) is 0 Å². The molecule has 0 radical (unpaired) electrons. The summed E-state index contributed by atoms with van der Waals surface area (Å²) in [6.45, 7) is 3.44. The molecule has 4 nitrogen and oxygen atoms in total. The van der Waals surface area contributed by atoms with Gasteiger partial charge in [0.25, 0.3) is 0 Å². The quantitative estimate of drug-likeness (QED) is 0.755. The molecular formula is C12H21NO3. The third-order valence-electron chi connectivity index (χ3n) is 3.99. The Kier molecular flexibility index (Phi) is 2.92. The Morgan fingerprint density at radius 1 is 1.31 bits per heavy atom. The van der Waals surface area contributed by atoms with E-state index in [1.54, 1.807) is 0 Å². The largest absolute Gasteiger partial charge is 0.392 e. The van der Waals surface area contributed by atoms with Crippen LogP contribution in [0.15, 0.2) is 0 Å². The molecule has 0 aromatic heterocycles. The first-order valence-electron chi connectivity index (χ1n) is 6.48. The Bertz CT molecular complexity index is 253. The average Bonchev–Trinajstić information content (AvgIpc) is 2.94. The smallest absolute Gasteiger partial charge is 0.168 e. The van der Waals surface area contributed by atoms with Gasteiger partial charge in [0.05, 0.1) is 18.8 Å². The molecule has 2 heterocycles. The van der Waals surface area contributed by atoms with Gasteiger partial charge < -0.3 is 14.6 Å². The van der Waals surface area contributed by atoms with Crippen molar-refractivity contribution in [3.05, 3.63) is 0 Å². The van der Waals surface area contributed by atoms with Gasteiger partial charge in [-0.25, -0.2) is 0 Å². The molecule has 0 bridgehead atoms. The molecule has 0 aromatic carbocycles. The summed E-state index contributed by atoms with van der Waals surface area (Å²) in [4.78, 5) is 2.28. The zero-order chi connectivity index (χ0) is 11.0. The zero-order valence-electron chi connectivity index (χ0n) is 9.73. The second-order valence-corrected chi connectivity index (χ2v) is 5.37. The molecule has 2 atom stereocenters. The lowest BCUT2D eigenvalue weighted by Crippen LogP contribution is -2.34. The number of β-amino-alcohol motifs (C(OH)–C–C–N with tert-alkyl or cyclic N) is 1. The van der Waals surface area contributed by atoms with Crippen molar-refractivity contribution >= 4 is 0 Å². The molecule has 3 aliphatic rings. The number of aliphatic hydroxyl groups excluding tert-OH is 1. The third-order valence-corrected chi connectivity index (χ3v) is 3.99. The second-order valence-electron chi connectivity index (χ2n) is 5.37. The van der Waals surface area contributed by atoms with Crippen LogP contribution in [0, 0.1) is 0 Å². The zero-order valence-corrected chi connectivity index (χ0v) is 9.73. The van der Waals surface area contributed by atoms with Crippen molar-refractivity contribution in [3.8, 4) is 0 Å². The predicted molar refractivity (Wildman–Crippen MR) is 59.1 cm³/mol. The molecule has 1 spiro atoms. The van der Waals surface area contributed by atoms with E-state index in [0.717, 1.165) is 45.5 Å². The van der Waals surface area contributed by atoms with E-state index in [1.165, 1.54) is 12.8 Å². The highest BCUT2D eigenvalue weighted by molar-refractivity contribution is 4.86. The molecule has 16 heavy (non-hydrogen) atoms. The lowest BCUT2D eigenvalue weighted by atomic mass is 10.2. The van der Waals surface area contributed by atoms with Crippen LogP contribution < -0.4 is 0 Å². The fraction of sp³-hybridized carbons (Fsp3) is 1.00. The van der Waals surface area contributed by atoms with Gasteiger partial charge in [-0.3, -0.25) is 4.90 Å². The summed E-state index contributed by atoms with van der Waals surface area (Å²) in [6.07, 6.45) is 5.56. The average molecular weight is 227 g/mol. The van der Waals surface area contributed by atoms with Crippen LogP contribution in [0.4, 0.5) is 0 Å². The van der Waals surface area contributed by atoms with Crippen LogP contribution in [-0.4, -0.2) is 54.2 Å². The molecular weight excluding hydrogens is 206 g/mol. The highest BCUT2D eigenvalue weighted by atomic mass is 16.7. The molecule has 1 aliphatic carbocycles. The summed E-state index contributed by atoms with van der Waals surface area (Å²) < 4.78 is 11.9. The Morgan fingerprint density at radius 3 is 2.81 bits per heavy atom. The lowest BCUT2D eigenvalue weighted by molar-refractivity contribution is -0.163. The lowest BCUT2D eigenvalue weighted by Gasteiger charge is -2.23. The Labute approximate surface area is 96.5 Å². The summed E-state index contributed by atoms with van der Waals surface area (Å²) in [5.41, 5.74) is 0. The maximum Gasteiger partial charge on any atom is 0.168 e. The molecule has 0 amide bonds. The molecule has 3 fully saturated rings. The minimum atomic E-state index is -0.233. The predicted octanol–water partition coefficient (Wildman–Crippen LogP) is 0.739. The normalized spacial score (nSPS) is 38.8. The van der Waals surface area contributed by atoms with Crippen molar-refractivity contribution in [3.63, 3.8) is 0 Å². The van der Waals surface area contributed by atoms with Gasteiger partial charge in [-0.05, 0) is 19.3 Å². The summed E-state index contributed by atoms with van der Waals surface area (Å²) >= 11 is 0. The highest BCUT2D eigenvalue weighted by Gasteiger charge is 2.44. The van der Waals surface area contributed by atoms with Crippen LogP contribution in [0.5, 0.6) is 0 Å². The van der Waals surface area contributed by atoms with Crippen molar-refractivity contribution in [2.24, 2.45) is 0 Å². The van der Waals surface area contributed by atoms with E-state index >= 15 is 0 Å². The van der Waals surface area contributed by atoms with Crippen LogP contribution in [0.3, 0.4) is 0 Å². The summed E-state index contributed by atoms with van der Waals surface area (Å²) in [5.74, 6) is -0.233. The number of likely N-dealkylation sites (tertiary alicyclic amines) is 1. The number of aliphatic hydroxyl groups is 1. The molecule has 2 unspecified atom stereocenters. The van der Waals surface area contributed by atoms with E-state index in [9.17, 15) is 5.11 Å². The third kappa shape index (κ3) is 2.12. The van der Waals surface area contributed by atoms with Gasteiger partial charge in [0, 0.05) is 32.5 Å². The fourth-order valence-electron chi connectivity index (χ4n) is 3.15. The van der Waals surface area contributed by atoms with Crippen molar-refractivity contribution in [2.45, 2.75) is 50.1 Å². The fourth-order valence-corrected chi connectivity index (χ4v) is 3.15. The first-order chi connectivity index (χ1) is 7.76. The number of ether oxygens (including phenoxy) is 2. The van der Waals surface area contributed by atoms with Crippen LogP contribution in [-0.2, 0) is 9.47 Å². The van der Waals surface area contributed by atoms with E-state index in [2.05, 4.69) is 4.90 Å². The maximum absolute atomic E-state index is 9.46. The molecule has 4 heteroatoms. The molecule has 92 valence electrons. The van der Waals surface area contributed by atoms with Gasteiger partial charge >= 0.3 is 0 Å². The van der Waals surface area contributed by atoms with Gasteiger partial charge in [0.2, 0.25) is 0 Å². The molecule has 1 N–H and O–H groups in total. The molecule has 0 aromatic rings. The molecule has 1 saturated carbocycles. The van der Waals surface area contributed by atoms with Gasteiger partial charge in [0.1, 0.15) is 0 Å². The molecule has 3 rings (SSSR count). The van der Waals surface area contributed by atoms with E-state index in [4.69, 9.17) is 9.47 Å². The van der Waals surface area contributed by atoms with Gasteiger partial charge in [-0.1, -0.05) is 0 Å². The minimum absolute atomic E-state index is 0.136. The minimum Gasteiger partial charge on any atom is -0.392 e. The Balaban J connectivity index is 1.50. The molecule has 2 saturated heterocycles. The topological polar surface area (TPSA) is 41.9 Å². The number of nitrogens with zero attached hydrogens (tertiary/aromatic N) is 1.